The summed E-state index contributed by atoms with van der Waals surface area (Å²) >= 11 is 0. The van der Waals surface area contributed by atoms with E-state index in [0.29, 0.717) is 18.0 Å². The van der Waals surface area contributed by atoms with Gasteiger partial charge in [-0.2, -0.15) is 0 Å². The van der Waals surface area contributed by atoms with Gasteiger partial charge in [-0.1, -0.05) is 39.0 Å². The van der Waals surface area contributed by atoms with Crippen LogP contribution in [0.3, 0.4) is 0 Å². The van der Waals surface area contributed by atoms with Gasteiger partial charge in [0.25, 0.3) is 0 Å². The Hall–Kier alpha value is -1.46. The van der Waals surface area contributed by atoms with E-state index in [1.165, 1.54) is 32.1 Å². The fourth-order valence-electron chi connectivity index (χ4n) is 4.85. The monoisotopic (exact) mass is 364 g/mol. The van der Waals surface area contributed by atoms with Crippen molar-refractivity contribution in [2.75, 3.05) is 13.1 Å². The van der Waals surface area contributed by atoms with Crippen LogP contribution < -0.4 is 16.0 Å². The van der Waals surface area contributed by atoms with E-state index in [-0.39, 0.29) is 18.1 Å². The molecule has 1 aliphatic heterocycles. The Morgan fingerprint density at radius 3 is 2.12 bits per heavy atom. The number of carbonyl (C=O) groups is 2. The molecule has 0 aromatic rings. The third kappa shape index (κ3) is 5.27. The van der Waals surface area contributed by atoms with Crippen molar-refractivity contribution >= 4 is 12.1 Å². The van der Waals surface area contributed by atoms with Crippen molar-refractivity contribution in [3.8, 4) is 0 Å². The maximum absolute atomic E-state index is 12.5. The molecule has 3 N–H and O–H groups in total. The number of amides is 4. The Kier molecular flexibility index (Phi) is 7.03. The number of nitrogens with one attached hydrogen (secondary N) is 3. The highest BCUT2D eigenvalue weighted by Gasteiger charge is 2.30. The second-order valence-corrected chi connectivity index (χ2v) is 8.37. The molecule has 1 heterocycles. The summed E-state index contributed by atoms with van der Waals surface area (Å²) in [4.78, 5) is 26.6. The quantitative estimate of drug-likeness (QED) is 0.715. The molecule has 6 nitrogen and oxygen atoms in total. The Morgan fingerprint density at radius 1 is 0.808 bits per heavy atom. The molecule has 3 aliphatic rings. The molecule has 0 radical (unpaired) electrons. The Morgan fingerprint density at radius 2 is 1.46 bits per heavy atom. The zero-order valence-electron chi connectivity index (χ0n) is 16.3. The third-order valence-electron chi connectivity index (χ3n) is 6.55. The van der Waals surface area contributed by atoms with Gasteiger partial charge in [0.1, 0.15) is 0 Å². The number of hydrogen-bond donors (Lipinski definition) is 3. The van der Waals surface area contributed by atoms with Gasteiger partial charge in [0.2, 0.25) is 0 Å². The summed E-state index contributed by atoms with van der Waals surface area (Å²) < 4.78 is 0. The number of rotatable bonds is 4. The van der Waals surface area contributed by atoms with Crippen LogP contribution in [0.1, 0.15) is 77.6 Å². The van der Waals surface area contributed by atoms with Crippen LogP contribution >= 0.6 is 0 Å². The molecule has 0 aromatic carbocycles. The number of piperidine rings is 1. The third-order valence-corrected chi connectivity index (χ3v) is 6.55. The van der Waals surface area contributed by atoms with Crippen molar-refractivity contribution in [3.05, 3.63) is 0 Å². The molecule has 26 heavy (non-hydrogen) atoms. The number of hydrogen-bond acceptors (Lipinski definition) is 2. The zero-order valence-corrected chi connectivity index (χ0v) is 16.3. The van der Waals surface area contributed by atoms with Gasteiger partial charge in [0.05, 0.1) is 0 Å². The lowest BCUT2D eigenvalue weighted by Crippen LogP contribution is -2.53. The molecule has 4 amide bonds. The molecule has 3 rings (SSSR count). The number of urea groups is 2. The smallest absolute Gasteiger partial charge is 0.317 e. The molecular weight excluding hydrogens is 328 g/mol. The Bertz CT molecular complexity index is 470. The minimum Gasteiger partial charge on any atom is -0.335 e. The van der Waals surface area contributed by atoms with Crippen molar-refractivity contribution in [2.45, 2.75) is 95.7 Å². The average molecular weight is 365 g/mol. The summed E-state index contributed by atoms with van der Waals surface area (Å²) in [5.41, 5.74) is 0. The maximum atomic E-state index is 12.5. The highest BCUT2D eigenvalue weighted by Crippen LogP contribution is 2.28. The fourth-order valence-corrected chi connectivity index (χ4v) is 4.85. The molecule has 2 atom stereocenters. The van der Waals surface area contributed by atoms with Crippen molar-refractivity contribution in [1.82, 2.24) is 20.9 Å². The summed E-state index contributed by atoms with van der Waals surface area (Å²) in [6.45, 7) is 3.66. The number of likely N-dealkylation sites (tertiary alicyclic amines) is 1. The van der Waals surface area contributed by atoms with Gasteiger partial charge in [-0.3, -0.25) is 0 Å². The molecule has 2 unspecified atom stereocenters. The minimum atomic E-state index is -0.0310. The van der Waals surface area contributed by atoms with Gasteiger partial charge >= 0.3 is 12.1 Å². The van der Waals surface area contributed by atoms with Crippen LogP contribution in [0.5, 0.6) is 0 Å². The summed E-state index contributed by atoms with van der Waals surface area (Å²) in [5, 5.41) is 9.47. The van der Waals surface area contributed by atoms with E-state index in [1.807, 2.05) is 4.90 Å². The maximum Gasteiger partial charge on any atom is 0.317 e. The van der Waals surface area contributed by atoms with E-state index in [0.717, 1.165) is 51.6 Å². The van der Waals surface area contributed by atoms with Crippen LogP contribution in [0.15, 0.2) is 0 Å². The van der Waals surface area contributed by atoms with Gasteiger partial charge < -0.3 is 20.9 Å². The number of nitrogens with zero attached hydrogens (tertiary/aromatic N) is 1. The molecule has 1 saturated heterocycles. The Labute approximate surface area is 157 Å². The topological polar surface area (TPSA) is 73.5 Å². The lowest BCUT2D eigenvalue weighted by Gasteiger charge is -2.34. The molecule has 0 aromatic heterocycles. The highest BCUT2D eigenvalue weighted by molar-refractivity contribution is 5.75. The van der Waals surface area contributed by atoms with Gasteiger partial charge in [-0.25, -0.2) is 9.59 Å². The Balaban J connectivity index is 1.35. The fraction of sp³-hybridized carbons (Fsp3) is 0.900. The van der Waals surface area contributed by atoms with Gasteiger partial charge in [-0.05, 0) is 44.4 Å². The van der Waals surface area contributed by atoms with Crippen LogP contribution in [-0.4, -0.2) is 48.2 Å². The van der Waals surface area contributed by atoms with Crippen LogP contribution in [-0.2, 0) is 0 Å². The first-order valence-corrected chi connectivity index (χ1v) is 10.8. The minimum absolute atomic E-state index is 0.0310. The summed E-state index contributed by atoms with van der Waals surface area (Å²) in [5.74, 6) is 0.640. The SMILES string of the molecule is CCC1CCCC1NC(=O)N1CCC(NC(=O)NC2CCCCC2)CC1. The second-order valence-electron chi connectivity index (χ2n) is 8.37. The second kappa shape index (κ2) is 9.47. The van der Waals surface area contributed by atoms with E-state index in [9.17, 15) is 9.59 Å². The van der Waals surface area contributed by atoms with Crippen molar-refractivity contribution < 1.29 is 9.59 Å². The van der Waals surface area contributed by atoms with E-state index in [4.69, 9.17) is 0 Å². The standard InChI is InChI=1S/C20H36N4O2/c1-2-15-7-6-10-18(15)23-20(26)24-13-11-17(12-14-24)22-19(25)21-16-8-4-3-5-9-16/h15-18H,2-14H2,1H3,(H,23,26)(H2,21,22,25). The van der Waals surface area contributed by atoms with E-state index >= 15 is 0 Å². The predicted octanol–water partition coefficient (Wildman–Crippen LogP) is 3.37. The van der Waals surface area contributed by atoms with Gasteiger partial charge in [0, 0.05) is 31.2 Å². The van der Waals surface area contributed by atoms with Crippen LogP contribution in [0, 0.1) is 5.92 Å². The molecule has 6 heteroatoms. The molecule has 0 bridgehead atoms. The first-order valence-electron chi connectivity index (χ1n) is 10.8. The lowest BCUT2D eigenvalue weighted by atomic mass is 9.96. The van der Waals surface area contributed by atoms with Gasteiger partial charge in [0.15, 0.2) is 0 Å². The molecule has 2 aliphatic carbocycles. The summed E-state index contributed by atoms with van der Waals surface area (Å²) in [6, 6.07) is 0.923. The molecule has 0 spiro atoms. The molecule has 2 saturated carbocycles. The summed E-state index contributed by atoms with van der Waals surface area (Å²) in [7, 11) is 0. The van der Waals surface area contributed by atoms with Crippen LogP contribution in [0.4, 0.5) is 9.59 Å². The average Bonchev–Trinajstić information content (AvgIpc) is 3.10. The zero-order chi connectivity index (χ0) is 18.4. The predicted molar refractivity (Wildman–Crippen MR) is 103 cm³/mol. The van der Waals surface area contributed by atoms with Crippen molar-refractivity contribution in [1.29, 1.82) is 0 Å². The number of carbonyl (C=O) groups excluding carboxylic acids is 2. The highest BCUT2D eigenvalue weighted by atomic mass is 16.2. The first kappa shape index (κ1) is 19.3. The normalized spacial score (nSPS) is 28.0. The summed E-state index contributed by atoms with van der Waals surface area (Å²) in [6.07, 6.45) is 12.3. The van der Waals surface area contributed by atoms with E-state index in [1.54, 1.807) is 0 Å². The van der Waals surface area contributed by atoms with E-state index < -0.39 is 0 Å². The van der Waals surface area contributed by atoms with Gasteiger partial charge in [-0.15, -0.1) is 0 Å². The van der Waals surface area contributed by atoms with Crippen LogP contribution in [0.25, 0.3) is 0 Å². The largest absolute Gasteiger partial charge is 0.335 e. The molecular formula is C20H36N4O2. The van der Waals surface area contributed by atoms with E-state index in [2.05, 4.69) is 22.9 Å². The molecule has 3 fully saturated rings. The van der Waals surface area contributed by atoms with Crippen LogP contribution in [0.2, 0.25) is 0 Å². The van der Waals surface area contributed by atoms with Crippen molar-refractivity contribution in [3.63, 3.8) is 0 Å². The lowest BCUT2D eigenvalue weighted by molar-refractivity contribution is 0.169. The molecule has 148 valence electrons. The van der Waals surface area contributed by atoms with Crippen molar-refractivity contribution in [2.24, 2.45) is 5.92 Å². The first-order chi connectivity index (χ1) is 12.7.